The van der Waals surface area contributed by atoms with E-state index in [9.17, 15) is 0 Å². The number of hydrogen-bond acceptors (Lipinski definition) is 3. The summed E-state index contributed by atoms with van der Waals surface area (Å²) >= 11 is 13.8. The maximum atomic E-state index is 6.88. The summed E-state index contributed by atoms with van der Waals surface area (Å²) in [5.74, 6) is 1.43. The number of halogens is 2. The summed E-state index contributed by atoms with van der Waals surface area (Å²) in [4.78, 5) is 2.08. The fourth-order valence-corrected chi connectivity index (χ4v) is 7.49. The molecule has 21 heavy (non-hydrogen) atoms. The van der Waals surface area contributed by atoms with Crippen LogP contribution in [0.3, 0.4) is 0 Å². The van der Waals surface area contributed by atoms with Gasteiger partial charge in [0.1, 0.15) is 11.5 Å². The fourth-order valence-electron chi connectivity index (χ4n) is 2.82. The summed E-state index contributed by atoms with van der Waals surface area (Å²) in [5, 5.41) is 1.74. The molecule has 3 nitrogen and oxygen atoms in total. The van der Waals surface area contributed by atoms with E-state index < -0.39 is 6.69 Å². The van der Waals surface area contributed by atoms with Gasteiger partial charge in [-0.3, -0.25) is 0 Å². The second kappa shape index (κ2) is 5.12. The molecule has 2 aromatic rings. The van der Waals surface area contributed by atoms with E-state index in [4.69, 9.17) is 31.6 Å². The fraction of sp³-hybridized carbons (Fsp3) is 0.200. The van der Waals surface area contributed by atoms with Gasteiger partial charge < -0.3 is 14.4 Å². The van der Waals surface area contributed by atoms with Crippen LogP contribution in [-0.2, 0) is 0 Å². The van der Waals surface area contributed by atoms with Crippen molar-refractivity contribution in [3.63, 3.8) is 0 Å². The highest BCUT2D eigenvalue weighted by atomic mass is 35.7. The molecular weight excluding hydrogens is 325 g/mol. The molecule has 0 N–H and O–H groups in total. The molecule has 1 aliphatic heterocycles. The first kappa shape index (κ1) is 14.6. The van der Waals surface area contributed by atoms with Crippen LogP contribution in [0.2, 0.25) is 0 Å². The molecule has 0 aliphatic carbocycles. The van der Waals surface area contributed by atoms with Crippen molar-refractivity contribution in [3.8, 4) is 11.5 Å². The summed E-state index contributed by atoms with van der Waals surface area (Å²) in [7, 11) is 5.26. The maximum Gasteiger partial charge on any atom is 0.321 e. The van der Waals surface area contributed by atoms with Crippen LogP contribution in [0.5, 0.6) is 11.5 Å². The molecule has 6 heteroatoms. The van der Waals surface area contributed by atoms with E-state index in [1.165, 1.54) is 0 Å². The van der Waals surface area contributed by atoms with Crippen molar-refractivity contribution < 1.29 is 9.47 Å². The maximum absolute atomic E-state index is 6.88. The summed E-state index contributed by atoms with van der Waals surface area (Å²) in [6.45, 7) is -2.95. The van der Waals surface area contributed by atoms with Gasteiger partial charge in [-0.25, -0.2) is 0 Å². The summed E-state index contributed by atoms with van der Waals surface area (Å²) in [5.41, 5.74) is 1.96. The van der Waals surface area contributed by atoms with Crippen LogP contribution < -0.4 is 24.7 Å². The molecule has 0 saturated heterocycles. The predicted octanol–water partition coefficient (Wildman–Crippen LogP) is 2.82. The molecule has 0 aromatic heterocycles. The first-order valence-electron chi connectivity index (χ1n) is 6.49. The minimum atomic E-state index is -2.95. The van der Waals surface area contributed by atoms with Crippen LogP contribution in [0.25, 0.3) is 0 Å². The standard InChI is InChI=1S/C15H15Cl2NO2Si/c1-18-10-6-4-8-12(19-2)14(10)21(16,17)15-11(18)7-5-9-13(15)20-3/h4-9H,1-3H3. The highest BCUT2D eigenvalue weighted by Crippen LogP contribution is 2.39. The molecule has 0 bridgehead atoms. The van der Waals surface area contributed by atoms with Crippen molar-refractivity contribution in [2.75, 3.05) is 26.2 Å². The van der Waals surface area contributed by atoms with E-state index >= 15 is 0 Å². The SMILES string of the molecule is COc1cccc2c1[Si](Cl)(Cl)c1c(OC)cccc1N2C. The topological polar surface area (TPSA) is 21.7 Å². The zero-order chi connectivity index (χ0) is 15.2. The Morgan fingerprint density at radius 1 is 0.857 bits per heavy atom. The van der Waals surface area contributed by atoms with Crippen LogP contribution >= 0.6 is 22.2 Å². The Labute approximate surface area is 134 Å². The van der Waals surface area contributed by atoms with Gasteiger partial charge >= 0.3 is 6.69 Å². The van der Waals surface area contributed by atoms with Gasteiger partial charge in [0.2, 0.25) is 0 Å². The van der Waals surface area contributed by atoms with Gasteiger partial charge in [-0.05, 0) is 24.3 Å². The monoisotopic (exact) mass is 339 g/mol. The van der Waals surface area contributed by atoms with E-state index in [-0.39, 0.29) is 0 Å². The van der Waals surface area contributed by atoms with Crippen molar-refractivity contribution in [3.05, 3.63) is 36.4 Å². The van der Waals surface area contributed by atoms with E-state index in [2.05, 4.69) is 4.90 Å². The first-order valence-corrected chi connectivity index (χ1v) is 10.5. The lowest BCUT2D eigenvalue weighted by Gasteiger charge is -2.37. The highest BCUT2D eigenvalue weighted by Gasteiger charge is 2.47. The summed E-state index contributed by atoms with van der Waals surface area (Å²) < 4.78 is 11.0. The molecule has 1 aliphatic rings. The molecule has 0 radical (unpaired) electrons. The molecular formula is C15H15Cl2NO2Si. The van der Waals surface area contributed by atoms with Gasteiger partial charge in [0, 0.05) is 28.8 Å². The normalized spacial score (nSPS) is 15.2. The summed E-state index contributed by atoms with van der Waals surface area (Å²) in [6, 6.07) is 11.7. The lowest BCUT2D eigenvalue weighted by molar-refractivity contribution is 0.417. The number of ether oxygens (including phenoxy) is 2. The summed E-state index contributed by atoms with van der Waals surface area (Å²) in [6.07, 6.45) is 0. The van der Waals surface area contributed by atoms with Crippen LogP contribution in [0, 0.1) is 0 Å². The molecule has 0 atom stereocenters. The lowest BCUT2D eigenvalue weighted by Crippen LogP contribution is -2.56. The molecule has 0 saturated carbocycles. The van der Waals surface area contributed by atoms with Gasteiger partial charge in [-0.2, -0.15) is 0 Å². The number of benzene rings is 2. The Morgan fingerprint density at radius 3 is 1.67 bits per heavy atom. The molecule has 0 spiro atoms. The second-order valence-corrected chi connectivity index (χ2v) is 11.0. The van der Waals surface area contributed by atoms with Gasteiger partial charge in [-0.1, -0.05) is 12.1 Å². The number of hydrogen-bond donors (Lipinski definition) is 0. The van der Waals surface area contributed by atoms with Gasteiger partial charge in [0.05, 0.1) is 14.2 Å². The Morgan fingerprint density at radius 2 is 1.29 bits per heavy atom. The van der Waals surface area contributed by atoms with E-state index in [1.807, 2.05) is 43.4 Å². The molecule has 0 amide bonds. The Bertz CT molecular complexity index is 649. The van der Waals surface area contributed by atoms with Gasteiger partial charge in [-0.15, -0.1) is 22.2 Å². The van der Waals surface area contributed by atoms with E-state index in [0.717, 1.165) is 21.7 Å². The van der Waals surface area contributed by atoms with Crippen molar-refractivity contribution in [1.29, 1.82) is 0 Å². The molecule has 110 valence electrons. The van der Waals surface area contributed by atoms with Crippen LogP contribution in [0.15, 0.2) is 36.4 Å². The first-order chi connectivity index (χ1) is 10.0. The minimum Gasteiger partial charge on any atom is -0.497 e. The van der Waals surface area contributed by atoms with Crippen molar-refractivity contribution in [2.45, 2.75) is 0 Å². The molecule has 2 aromatic carbocycles. The van der Waals surface area contributed by atoms with Crippen LogP contribution in [0.1, 0.15) is 0 Å². The number of methoxy groups -OCH3 is 2. The second-order valence-electron chi connectivity index (χ2n) is 4.84. The lowest BCUT2D eigenvalue weighted by atomic mass is 10.2. The predicted molar refractivity (Wildman–Crippen MR) is 90.8 cm³/mol. The number of nitrogens with zero attached hydrogens (tertiary/aromatic N) is 1. The number of anilines is 2. The third-order valence-electron chi connectivity index (χ3n) is 3.80. The van der Waals surface area contributed by atoms with E-state index in [0.29, 0.717) is 11.5 Å². The van der Waals surface area contributed by atoms with Crippen molar-refractivity contribution in [1.82, 2.24) is 0 Å². The Kier molecular flexibility index (Phi) is 3.55. The zero-order valence-corrected chi connectivity index (χ0v) is 14.5. The van der Waals surface area contributed by atoms with Gasteiger partial charge in [0.25, 0.3) is 0 Å². The third kappa shape index (κ3) is 2.01. The Hall–Kier alpha value is -1.36. The quantitative estimate of drug-likeness (QED) is 0.620. The molecule has 0 unspecified atom stereocenters. The van der Waals surface area contributed by atoms with Crippen LogP contribution in [0.4, 0.5) is 11.4 Å². The Balaban J connectivity index is 2.37. The smallest absolute Gasteiger partial charge is 0.321 e. The molecule has 3 rings (SSSR count). The average molecular weight is 340 g/mol. The van der Waals surface area contributed by atoms with Gasteiger partial charge in [0.15, 0.2) is 0 Å². The molecule has 0 fully saturated rings. The third-order valence-corrected chi connectivity index (χ3v) is 8.33. The van der Waals surface area contributed by atoms with Crippen LogP contribution in [-0.4, -0.2) is 28.0 Å². The largest absolute Gasteiger partial charge is 0.497 e. The molecule has 1 heterocycles. The van der Waals surface area contributed by atoms with E-state index in [1.54, 1.807) is 14.2 Å². The number of rotatable bonds is 2. The average Bonchev–Trinajstić information content (AvgIpc) is 2.51. The zero-order valence-electron chi connectivity index (χ0n) is 12.0. The highest BCUT2D eigenvalue weighted by molar-refractivity contribution is 7.57. The van der Waals surface area contributed by atoms with Crippen molar-refractivity contribution >= 4 is 50.6 Å². The number of fused-ring (bicyclic) bond motifs is 2. The minimum absolute atomic E-state index is 0.715. The van der Waals surface area contributed by atoms with Crippen molar-refractivity contribution in [2.24, 2.45) is 0 Å².